The molecule has 0 radical (unpaired) electrons. The van der Waals surface area contributed by atoms with E-state index in [9.17, 15) is 8.42 Å². The van der Waals surface area contributed by atoms with E-state index in [4.69, 9.17) is 0 Å². The second-order valence-electron chi connectivity index (χ2n) is 4.23. The maximum atomic E-state index is 11.2. The molecule has 0 aliphatic heterocycles. The third-order valence-corrected chi connectivity index (χ3v) is 3.17. The largest absolute Gasteiger partial charge is 0.272 e. The molecule has 1 aromatic rings. The van der Waals surface area contributed by atoms with Crippen LogP contribution in [0.3, 0.4) is 0 Å². The molecular weight excluding hydrogens is 222 g/mol. The zero-order chi connectivity index (χ0) is 12.1. The van der Waals surface area contributed by atoms with Crippen LogP contribution in [0.15, 0.2) is 24.3 Å². The molecule has 0 aromatic heterocycles. The Labute approximate surface area is 99.2 Å². The lowest BCUT2D eigenvalue weighted by atomic mass is 10.1. The summed E-state index contributed by atoms with van der Waals surface area (Å²) >= 11 is 0. The maximum Gasteiger partial charge on any atom is 0.225 e. The Kier molecular flexibility index (Phi) is 4.80. The van der Waals surface area contributed by atoms with Crippen molar-refractivity contribution in [2.24, 2.45) is 5.92 Å². The summed E-state index contributed by atoms with van der Waals surface area (Å²) in [5, 5.41) is 0. The van der Waals surface area contributed by atoms with Crippen LogP contribution in [-0.4, -0.2) is 15.0 Å². The Balaban J connectivity index is 2.92. The summed E-state index contributed by atoms with van der Waals surface area (Å²) in [7, 11) is -2.55. The molecule has 1 rings (SSSR count). The molecule has 1 aromatic carbocycles. The molecule has 0 aliphatic rings. The average molecular weight is 241 g/mol. The fraction of sp³-hybridized carbons (Fsp3) is 0.500. The topological polar surface area (TPSA) is 37.4 Å². The van der Waals surface area contributed by atoms with Crippen LogP contribution >= 0.6 is 0 Å². The third-order valence-electron chi connectivity index (χ3n) is 2.38. The Morgan fingerprint density at radius 2 is 1.75 bits per heavy atom. The minimum atomic E-state index is -2.55. The van der Waals surface area contributed by atoms with Gasteiger partial charge in [-0.05, 0) is 30.0 Å². The summed E-state index contributed by atoms with van der Waals surface area (Å²) in [6, 6.07) is 7.68. The molecule has 90 valence electrons. The number of thiol groups is 1. The highest BCUT2D eigenvalue weighted by atomic mass is 32.2. The lowest BCUT2D eigenvalue weighted by Gasteiger charge is -2.19. The predicted molar refractivity (Wildman–Crippen MR) is 68.3 cm³/mol. The summed E-state index contributed by atoms with van der Waals surface area (Å²) in [4.78, 5) is 0. The van der Waals surface area contributed by atoms with E-state index in [1.165, 1.54) is 9.87 Å². The standard InChI is InChI=1S/C12H19NO2S/c1-4-11-5-7-12(8-6-11)13(16(14)15)9-10(2)3/h5-8,10,16H,4,9H2,1-3H3. The van der Waals surface area contributed by atoms with Gasteiger partial charge in [-0.25, -0.2) is 8.42 Å². The minimum Gasteiger partial charge on any atom is -0.272 e. The van der Waals surface area contributed by atoms with E-state index in [1.807, 2.05) is 38.1 Å². The van der Waals surface area contributed by atoms with Crippen LogP contribution in [0.5, 0.6) is 0 Å². The average Bonchev–Trinajstić information content (AvgIpc) is 2.25. The first-order chi connectivity index (χ1) is 7.54. The molecule has 0 saturated heterocycles. The van der Waals surface area contributed by atoms with Gasteiger partial charge in [0.05, 0.1) is 5.69 Å². The lowest BCUT2D eigenvalue weighted by molar-refractivity contribution is 0.595. The number of nitrogens with zero attached hydrogens (tertiary/aromatic N) is 1. The second-order valence-corrected chi connectivity index (χ2v) is 5.19. The van der Waals surface area contributed by atoms with E-state index in [-0.39, 0.29) is 0 Å². The first-order valence-corrected chi connectivity index (χ1v) is 6.68. The van der Waals surface area contributed by atoms with Crippen LogP contribution in [-0.2, 0) is 17.3 Å². The number of rotatable bonds is 5. The molecule has 0 heterocycles. The Morgan fingerprint density at radius 1 is 1.19 bits per heavy atom. The molecule has 0 N–H and O–H groups in total. The molecule has 0 saturated carbocycles. The van der Waals surface area contributed by atoms with Crippen LogP contribution in [0.25, 0.3) is 0 Å². The van der Waals surface area contributed by atoms with Gasteiger partial charge in [0.1, 0.15) is 0 Å². The fourth-order valence-electron chi connectivity index (χ4n) is 1.52. The van der Waals surface area contributed by atoms with Gasteiger partial charge in [-0.2, -0.15) is 0 Å². The summed E-state index contributed by atoms with van der Waals surface area (Å²) in [6.45, 7) is 6.62. The highest BCUT2D eigenvalue weighted by Crippen LogP contribution is 2.17. The lowest BCUT2D eigenvalue weighted by Crippen LogP contribution is -2.25. The highest BCUT2D eigenvalue weighted by Gasteiger charge is 2.10. The molecule has 0 bridgehead atoms. The van der Waals surface area contributed by atoms with Crippen LogP contribution in [0.2, 0.25) is 0 Å². The van der Waals surface area contributed by atoms with Crippen molar-refractivity contribution < 1.29 is 8.42 Å². The van der Waals surface area contributed by atoms with Crippen molar-refractivity contribution in [2.45, 2.75) is 27.2 Å². The Hall–Kier alpha value is -1.03. The van der Waals surface area contributed by atoms with Crippen molar-refractivity contribution >= 4 is 16.6 Å². The van der Waals surface area contributed by atoms with E-state index in [0.717, 1.165) is 12.1 Å². The fourth-order valence-corrected chi connectivity index (χ4v) is 2.30. The predicted octanol–water partition coefficient (Wildman–Crippen LogP) is 2.24. The molecule has 0 spiro atoms. The van der Waals surface area contributed by atoms with E-state index >= 15 is 0 Å². The number of anilines is 1. The van der Waals surface area contributed by atoms with Crippen molar-refractivity contribution in [3.8, 4) is 0 Å². The van der Waals surface area contributed by atoms with Gasteiger partial charge in [-0.15, -0.1) is 0 Å². The zero-order valence-corrected chi connectivity index (χ0v) is 10.9. The van der Waals surface area contributed by atoms with Crippen molar-refractivity contribution in [1.29, 1.82) is 0 Å². The summed E-state index contributed by atoms with van der Waals surface area (Å²) in [5.74, 6) is 0.318. The van der Waals surface area contributed by atoms with Crippen LogP contribution < -0.4 is 4.31 Å². The van der Waals surface area contributed by atoms with Crippen molar-refractivity contribution in [3.63, 3.8) is 0 Å². The summed E-state index contributed by atoms with van der Waals surface area (Å²) in [5.41, 5.74) is 1.97. The Morgan fingerprint density at radius 3 is 2.12 bits per heavy atom. The van der Waals surface area contributed by atoms with Gasteiger partial charge in [0.2, 0.25) is 10.9 Å². The number of hydrogen-bond acceptors (Lipinski definition) is 2. The molecule has 3 nitrogen and oxygen atoms in total. The quantitative estimate of drug-likeness (QED) is 0.803. The molecule has 0 atom stereocenters. The second kappa shape index (κ2) is 5.89. The van der Waals surface area contributed by atoms with Crippen LogP contribution in [0.1, 0.15) is 26.3 Å². The van der Waals surface area contributed by atoms with Gasteiger partial charge in [0.25, 0.3) is 0 Å². The summed E-state index contributed by atoms with van der Waals surface area (Å²) in [6.07, 6.45) is 0.966. The minimum absolute atomic E-state index is 0.318. The maximum absolute atomic E-state index is 11.2. The van der Waals surface area contributed by atoms with Crippen LogP contribution in [0, 0.1) is 5.92 Å². The van der Waals surface area contributed by atoms with Crippen LogP contribution in [0.4, 0.5) is 5.69 Å². The third kappa shape index (κ3) is 3.52. The van der Waals surface area contributed by atoms with Gasteiger partial charge in [-0.1, -0.05) is 32.9 Å². The number of hydrogen-bond donors (Lipinski definition) is 1. The Bertz CT molecular complexity index is 388. The first kappa shape index (κ1) is 13.0. The van der Waals surface area contributed by atoms with E-state index in [1.54, 1.807) is 0 Å². The van der Waals surface area contributed by atoms with Gasteiger partial charge in [-0.3, -0.25) is 4.31 Å². The monoisotopic (exact) mass is 241 g/mol. The normalized spacial score (nSPS) is 11.1. The van der Waals surface area contributed by atoms with Gasteiger partial charge in [0, 0.05) is 6.54 Å². The van der Waals surface area contributed by atoms with Crippen molar-refractivity contribution in [3.05, 3.63) is 29.8 Å². The highest BCUT2D eigenvalue weighted by molar-refractivity contribution is 7.74. The van der Waals surface area contributed by atoms with E-state index < -0.39 is 10.9 Å². The summed E-state index contributed by atoms with van der Waals surface area (Å²) < 4.78 is 23.7. The molecular formula is C12H19NO2S. The van der Waals surface area contributed by atoms with Gasteiger partial charge >= 0.3 is 0 Å². The van der Waals surface area contributed by atoms with Crippen molar-refractivity contribution in [2.75, 3.05) is 10.8 Å². The number of benzene rings is 1. The zero-order valence-electron chi connectivity index (χ0n) is 10.0. The molecule has 4 heteroatoms. The number of aryl methyl sites for hydroxylation is 1. The van der Waals surface area contributed by atoms with E-state index in [2.05, 4.69) is 6.92 Å². The molecule has 0 amide bonds. The SMILES string of the molecule is CCc1ccc(N(CC(C)C)[SH](=O)=O)cc1. The molecule has 0 unspecified atom stereocenters. The van der Waals surface area contributed by atoms with Gasteiger partial charge in [0.15, 0.2) is 0 Å². The first-order valence-electron chi connectivity index (χ1n) is 5.55. The molecule has 16 heavy (non-hydrogen) atoms. The molecule has 0 fully saturated rings. The van der Waals surface area contributed by atoms with E-state index in [0.29, 0.717) is 12.5 Å². The van der Waals surface area contributed by atoms with Crippen molar-refractivity contribution in [1.82, 2.24) is 0 Å². The smallest absolute Gasteiger partial charge is 0.225 e. The molecule has 0 aliphatic carbocycles. The van der Waals surface area contributed by atoms with Gasteiger partial charge < -0.3 is 0 Å².